The van der Waals surface area contributed by atoms with Crippen molar-refractivity contribution in [1.82, 2.24) is 15.1 Å². The van der Waals surface area contributed by atoms with Gasteiger partial charge in [-0.3, -0.25) is 14.4 Å². The topological polar surface area (TPSA) is 69.7 Å². The number of piperazine rings is 1. The van der Waals surface area contributed by atoms with Crippen LogP contribution in [0.25, 0.3) is 0 Å². The minimum absolute atomic E-state index is 0.00873. The third-order valence-electron chi connectivity index (χ3n) is 5.82. The molecule has 6 heteroatoms. The van der Waals surface area contributed by atoms with Crippen molar-refractivity contribution in [3.63, 3.8) is 0 Å². The van der Waals surface area contributed by atoms with Crippen LogP contribution in [0.1, 0.15) is 31.4 Å². The molecule has 1 saturated heterocycles. The summed E-state index contributed by atoms with van der Waals surface area (Å²) < 4.78 is 0. The summed E-state index contributed by atoms with van der Waals surface area (Å²) in [5.74, 6) is 0.00552. The van der Waals surface area contributed by atoms with Gasteiger partial charge < -0.3 is 15.1 Å². The summed E-state index contributed by atoms with van der Waals surface area (Å²) in [7, 11) is 0. The number of hydrogen-bond acceptors (Lipinski definition) is 3. The molecule has 1 aliphatic heterocycles. The molecule has 1 N–H and O–H groups in total. The molecule has 0 unspecified atom stereocenters. The highest BCUT2D eigenvalue weighted by molar-refractivity contribution is 5.87. The highest BCUT2D eigenvalue weighted by Crippen LogP contribution is 2.26. The van der Waals surface area contributed by atoms with Gasteiger partial charge in [0.15, 0.2) is 0 Å². The largest absolute Gasteiger partial charge is 0.355 e. The second kappa shape index (κ2) is 10.2. The van der Waals surface area contributed by atoms with Gasteiger partial charge in [0, 0.05) is 39.1 Å². The van der Waals surface area contributed by atoms with Crippen LogP contribution in [0.4, 0.5) is 0 Å². The zero-order chi connectivity index (χ0) is 22.3. The summed E-state index contributed by atoms with van der Waals surface area (Å²) in [4.78, 5) is 41.2. The molecule has 2 aromatic rings. The van der Waals surface area contributed by atoms with Gasteiger partial charge in [0.2, 0.25) is 17.7 Å². The van der Waals surface area contributed by atoms with Gasteiger partial charge in [0.05, 0.1) is 11.8 Å². The Balaban J connectivity index is 1.41. The molecule has 1 aliphatic rings. The van der Waals surface area contributed by atoms with Gasteiger partial charge in [0.25, 0.3) is 0 Å². The first-order valence-corrected chi connectivity index (χ1v) is 10.8. The third kappa shape index (κ3) is 5.94. The Kier molecular flexibility index (Phi) is 7.45. The fraction of sp³-hybridized carbons (Fsp3) is 0.400. The Labute approximate surface area is 184 Å². The van der Waals surface area contributed by atoms with Crippen molar-refractivity contribution in [2.24, 2.45) is 0 Å². The molecule has 2 aromatic carbocycles. The molecular weight excluding hydrogens is 390 g/mol. The van der Waals surface area contributed by atoms with Crippen LogP contribution < -0.4 is 5.32 Å². The lowest BCUT2D eigenvalue weighted by Gasteiger charge is -2.38. The Morgan fingerprint density at radius 2 is 1.39 bits per heavy atom. The summed E-state index contributed by atoms with van der Waals surface area (Å²) in [5.41, 5.74) is 1.34. The highest BCUT2D eigenvalue weighted by Gasteiger charge is 2.35. The molecular formula is C25H31N3O3. The fourth-order valence-corrected chi connectivity index (χ4v) is 3.84. The maximum atomic E-state index is 13.1. The molecule has 164 valence electrons. The lowest BCUT2D eigenvalue weighted by molar-refractivity contribution is -0.142. The summed E-state index contributed by atoms with van der Waals surface area (Å²) in [6, 6.07) is 19.3. The normalized spacial score (nSPS) is 14.3. The third-order valence-corrected chi connectivity index (χ3v) is 5.82. The molecule has 3 amide bonds. The monoisotopic (exact) mass is 421 g/mol. The molecule has 0 saturated carbocycles. The van der Waals surface area contributed by atoms with E-state index in [-0.39, 0.29) is 24.1 Å². The van der Waals surface area contributed by atoms with Crippen molar-refractivity contribution in [3.8, 4) is 0 Å². The molecule has 0 spiro atoms. The zero-order valence-electron chi connectivity index (χ0n) is 18.3. The number of carbonyl (C=O) groups excluding carboxylic acids is 3. The van der Waals surface area contributed by atoms with E-state index in [4.69, 9.17) is 0 Å². The Morgan fingerprint density at radius 1 is 0.839 bits per heavy atom. The number of hydrogen-bond donors (Lipinski definition) is 1. The quantitative estimate of drug-likeness (QED) is 0.746. The van der Waals surface area contributed by atoms with E-state index in [9.17, 15) is 14.4 Å². The maximum Gasteiger partial charge on any atom is 0.232 e. The van der Waals surface area contributed by atoms with E-state index in [2.05, 4.69) is 5.32 Å². The fourth-order valence-electron chi connectivity index (χ4n) is 3.84. The van der Waals surface area contributed by atoms with E-state index in [0.717, 1.165) is 11.1 Å². The molecule has 0 aliphatic carbocycles. The van der Waals surface area contributed by atoms with Crippen LogP contribution in [-0.2, 0) is 26.2 Å². The molecule has 0 bridgehead atoms. The van der Waals surface area contributed by atoms with Gasteiger partial charge >= 0.3 is 0 Å². The lowest BCUT2D eigenvalue weighted by atomic mass is 9.83. The predicted molar refractivity (Wildman–Crippen MR) is 120 cm³/mol. The first-order valence-electron chi connectivity index (χ1n) is 10.8. The van der Waals surface area contributed by atoms with Crippen molar-refractivity contribution >= 4 is 17.7 Å². The van der Waals surface area contributed by atoms with Crippen molar-refractivity contribution in [1.29, 1.82) is 0 Å². The lowest BCUT2D eigenvalue weighted by Crippen LogP contribution is -2.54. The SMILES string of the molecule is CC(C)(C(=O)N1CCN(C(=O)CCNC(=O)Cc2ccccc2)CC1)c1ccccc1. The van der Waals surface area contributed by atoms with Crippen LogP contribution in [0.15, 0.2) is 60.7 Å². The molecule has 31 heavy (non-hydrogen) atoms. The molecule has 1 heterocycles. The number of nitrogens with one attached hydrogen (secondary N) is 1. The van der Waals surface area contributed by atoms with Crippen molar-refractivity contribution in [2.75, 3.05) is 32.7 Å². The summed E-state index contributed by atoms with van der Waals surface area (Å²) in [6.45, 7) is 6.31. The van der Waals surface area contributed by atoms with E-state index in [1.54, 1.807) is 4.90 Å². The van der Waals surface area contributed by atoms with Gasteiger partial charge in [-0.25, -0.2) is 0 Å². The van der Waals surface area contributed by atoms with Crippen LogP contribution in [0.5, 0.6) is 0 Å². The Morgan fingerprint density at radius 3 is 2.00 bits per heavy atom. The Hall–Kier alpha value is -3.15. The standard InChI is InChI=1S/C25H31N3O3/c1-25(2,21-11-7-4-8-12-21)24(31)28-17-15-27(16-18-28)23(30)13-14-26-22(29)19-20-9-5-3-6-10-20/h3-12H,13-19H2,1-2H3,(H,26,29). The second-order valence-electron chi connectivity index (χ2n) is 8.43. The molecule has 0 aromatic heterocycles. The summed E-state index contributed by atoms with van der Waals surface area (Å²) in [5, 5.41) is 2.82. The van der Waals surface area contributed by atoms with Crippen LogP contribution in [0.2, 0.25) is 0 Å². The van der Waals surface area contributed by atoms with E-state index in [0.29, 0.717) is 39.1 Å². The van der Waals surface area contributed by atoms with Gasteiger partial charge in [0.1, 0.15) is 0 Å². The highest BCUT2D eigenvalue weighted by atomic mass is 16.2. The van der Waals surface area contributed by atoms with Crippen molar-refractivity contribution in [2.45, 2.75) is 32.1 Å². The van der Waals surface area contributed by atoms with Gasteiger partial charge in [-0.1, -0.05) is 60.7 Å². The minimum atomic E-state index is -0.601. The van der Waals surface area contributed by atoms with E-state index < -0.39 is 5.41 Å². The maximum absolute atomic E-state index is 13.1. The zero-order valence-corrected chi connectivity index (χ0v) is 18.3. The molecule has 0 radical (unpaired) electrons. The van der Waals surface area contributed by atoms with Gasteiger partial charge in [-0.05, 0) is 25.0 Å². The first-order chi connectivity index (χ1) is 14.9. The second-order valence-corrected chi connectivity index (χ2v) is 8.43. The van der Waals surface area contributed by atoms with E-state index in [1.165, 1.54) is 0 Å². The van der Waals surface area contributed by atoms with Gasteiger partial charge in [-0.2, -0.15) is 0 Å². The minimum Gasteiger partial charge on any atom is -0.355 e. The summed E-state index contributed by atoms with van der Waals surface area (Å²) >= 11 is 0. The van der Waals surface area contributed by atoms with E-state index in [1.807, 2.05) is 79.4 Å². The molecule has 1 fully saturated rings. The van der Waals surface area contributed by atoms with Crippen molar-refractivity contribution < 1.29 is 14.4 Å². The number of rotatable bonds is 7. The number of nitrogens with zero attached hydrogens (tertiary/aromatic N) is 2. The smallest absolute Gasteiger partial charge is 0.232 e. The molecule has 0 atom stereocenters. The number of carbonyl (C=O) groups is 3. The molecule has 3 rings (SSSR count). The van der Waals surface area contributed by atoms with Crippen LogP contribution >= 0.6 is 0 Å². The van der Waals surface area contributed by atoms with Crippen molar-refractivity contribution in [3.05, 3.63) is 71.8 Å². The average molecular weight is 422 g/mol. The summed E-state index contributed by atoms with van der Waals surface area (Å²) in [6.07, 6.45) is 0.580. The number of amides is 3. The van der Waals surface area contributed by atoms with Crippen LogP contribution in [0, 0.1) is 0 Å². The van der Waals surface area contributed by atoms with Crippen LogP contribution in [0.3, 0.4) is 0 Å². The first kappa shape index (κ1) is 22.5. The molecule has 6 nitrogen and oxygen atoms in total. The van der Waals surface area contributed by atoms with Gasteiger partial charge in [-0.15, -0.1) is 0 Å². The van der Waals surface area contributed by atoms with Crippen LogP contribution in [-0.4, -0.2) is 60.2 Å². The average Bonchev–Trinajstić information content (AvgIpc) is 2.80. The number of benzene rings is 2. The Bertz CT molecular complexity index is 889. The predicted octanol–water partition coefficient (Wildman–Crippen LogP) is 2.38. The van der Waals surface area contributed by atoms with E-state index >= 15 is 0 Å².